The van der Waals surface area contributed by atoms with Crippen LogP contribution in [0.25, 0.3) is 0 Å². The lowest BCUT2D eigenvalue weighted by Gasteiger charge is -2.45. The molecule has 0 aromatic heterocycles. The van der Waals surface area contributed by atoms with Gasteiger partial charge in [0.25, 0.3) is 0 Å². The monoisotopic (exact) mass is 233 g/mol. The number of ether oxygens (including phenoxy) is 1. The van der Waals surface area contributed by atoms with E-state index >= 15 is 0 Å². The van der Waals surface area contributed by atoms with Crippen LogP contribution in [0.3, 0.4) is 0 Å². The van der Waals surface area contributed by atoms with E-state index in [0.717, 1.165) is 7.11 Å². The average molecular weight is 233 g/mol. The minimum Gasteiger partial charge on any atom is -0.369 e. The lowest BCUT2D eigenvalue weighted by molar-refractivity contribution is -0.294. The fraction of sp³-hybridized carbons (Fsp3) is 1.00. The molecule has 0 spiro atoms. The van der Waals surface area contributed by atoms with E-state index in [1.807, 2.05) is 0 Å². The van der Waals surface area contributed by atoms with Gasteiger partial charge in [-0.3, -0.25) is 0 Å². The van der Waals surface area contributed by atoms with Crippen molar-refractivity contribution in [1.29, 1.82) is 0 Å². The molecule has 0 saturated heterocycles. The van der Waals surface area contributed by atoms with Gasteiger partial charge in [0.15, 0.2) is 5.60 Å². The summed E-state index contributed by atoms with van der Waals surface area (Å²) in [6, 6.07) is 0. The Hall–Kier alpha value is -0.340. The highest BCUT2D eigenvalue weighted by Crippen LogP contribution is 2.49. The van der Waals surface area contributed by atoms with Gasteiger partial charge in [-0.1, -0.05) is 0 Å². The smallest absolute Gasteiger partial charge is 0.369 e. The molecule has 1 aliphatic rings. The van der Waals surface area contributed by atoms with Crippen LogP contribution >= 0.6 is 0 Å². The summed E-state index contributed by atoms with van der Waals surface area (Å²) >= 11 is 0. The molecule has 2 N–H and O–H groups in total. The molecule has 84 valence electrons. The third kappa shape index (κ3) is 1.73. The molecule has 1 rings (SSSR count). The number of alkyl halides is 3. The molecule has 0 bridgehead atoms. The van der Waals surface area contributed by atoms with Gasteiger partial charge in [-0.15, -0.1) is 0 Å². The van der Waals surface area contributed by atoms with Gasteiger partial charge in [0, 0.05) is 20.0 Å². The Morgan fingerprint density at radius 3 is 2.07 bits per heavy atom. The lowest BCUT2D eigenvalue weighted by atomic mass is 9.79. The Bertz CT molecular complexity index is 318. The Morgan fingerprint density at radius 1 is 1.43 bits per heavy atom. The summed E-state index contributed by atoms with van der Waals surface area (Å²) in [7, 11) is -2.98. The molecule has 0 heterocycles. The second-order valence-corrected chi connectivity index (χ2v) is 5.16. The van der Waals surface area contributed by atoms with Gasteiger partial charge in [-0.05, 0) is 0 Å². The van der Waals surface area contributed by atoms with Crippen molar-refractivity contribution < 1.29 is 26.3 Å². The zero-order valence-corrected chi connectivity index (χ0v) is 8.15. The number of primary sulfonamides is 1. The Kier molecular flexibility index (Phi) is 2.58. The number of hydrogen-bond acceptors (Lipinski definition) is 3. The first-order chi connectivity index (χ1) is 6.12. The maximum atomic E-state index is 12.4. The van der Waals surface area contributed by atoms with Crippen LogP contribution in [0, 0.1) is 0 Å². The second-order valence-electron chi connectivity index (χ2n) is 3.32. The van der Waals surface area contributed by atoms with E-state index in [4.69, 9.17) is 5.14 Å². The van der Waals surface area contributed by atoms with Crippen molar-refractivity contribution >= 4 is 10.0 Å². The van der Waals surface area contributed by atoms with Crippen molar-refractivity contribution in [3.8, 4) is 0 Å². The molecule has 0 aromatic rings. The van der Waals surface area contributed by atoms with Crippen molar-refractivity contribution in [2.75, 3.05) is 7.11 Å². The quantitative estimate of drug-likeness (QED) is 0.749. The number of methoxy groups -OCH3 is 1. The van der Waals surface area contributed by atoms with Crippen LogP contribution in [0.4, 0.5) is 13.2 Å². The Morgan fingerprint density at radius 2 is 1.86 bits per heavy atom. The fourth-order valence-corrected chi connectivity index (χ4v) is 2.42. The molecule has 0 radical (unpaired) electrons. The topological polar surface area (TPSA) is 69.4 Å². The van der Waals surface area contributed by atoms with Gasteiger partial charge in [0.1, 0.15) is 0 Å². The summed E-state index contributed by atoms with van der Waals surface area (Å²) in [6.45, 7) is 0. The maximum absolute atomic E-state index is 12.4. The van der Waals surface area contributed by atoms with Crippen LogP contribution < -0.4 is 5.14 Å². The van der Waals surface area contributed by atoms with E-state index in [1.165, 1.54) is 0 Å². The number of nitrogens with two attached hydrogens (primary N) is 1. The first-order valence-electron chi connectivity index (χ1n) is 3.76. The maximum Gasteiger partial charge on any atom is 0.417 e. The third-order valence-corrected chi connectivity index (χ3v) is 3.75. The first kappa shape index (κ1) is 11.7. The minimum atomic E-state index is -4.55. The van der Waals surface area contributed by atoms with E-state index in [0.29, 0.717) is 0 Å². The zero-order valence-electron chi connectivity index (χ0n) is 7.34. The third-order valence-electron chi connectivity index (χ3n) is 2.49. The standard InChI is InChI=1S/C6H10F3NO3S/c1-13-5(6(7,8)9)2-4(3-5)14(10,11)12/h4H,2-3H2,1H3,(H2,10,11,12). The Labute approximate surface area is 79.3 Å². The van der Waals surface area contributed by atoms with Gasteiger partial charge in [0.05, 0.1) is 5.25 Å². The molecule has 0 aromatic carbocycles. The summed E-state index contributed by atoms with van der Waals surface area (Å²) < 4.78 is 62.8. The van der Waals surface area contributed by atoms with Gasteiger partial charge in [0.2, 0.25) is 10.0 Å². The van der Waals surface area contributed by atoms with Gasteiger partial charge >= 0.3 is 6.18 Å². The number of rotatable bonds is 2. The molecule has 4 nitrogen and oxygen atoms in total. The van der Waals surface area contributed by atoms with Crippen molar-refractivity contribution in [2.24, 2.45) is 5.14 Å². The van der Waals surface area contributed by atoms with Gasteiger partial charge < -0.3 is 4.74 Å². The van der Waals surface area contributed by atoms with Crippen LogP contribution in [-0.2, 0) is 14.8 Å². The van der Waals surface area contributed by atoms with Crippen molar-refractivity contribution in [1.82, 2.24) is 0 Å². The highest BCUT2D eigenvalue weighted by molar-refractivity contribution is 7.89. The average Bonchev–Trinajstić information content (AvgIpc) is 1.78. The van der Waals surface area contributed by atoms with Gasteiger partial charge in [-0.2, -0.15) is 13.2 Å². The Balaban J connectivity index is 2.77. The molecule has 0 unspecified atom stereocenters. The highest BCUT2D eigenvalue weighted by atomic mass is 32.2. The van der Waals surface area contributed by atoms with Crippen LogP contribution in [0.2, 0.25) is 0 Å². The number of halogens is 3. The summed E-state index contributed by atoms with van der Waals surface area (Å²) in [5, 5.41) is 3.56. The number of sulfonamides is 1. The molecule has 14 heavy (non-hydrogen) atoms. The zero-order chi connectivity index (χ0) is 11.2. The van der Waals surface area contributed by atoms with Crippen LogP contribution in [0.1, 0.15) is 12.8 Å². The predicted octanol–water partition coefficient (Wildman–Crippen LogP) is 0.385. The summed E-state index contributed by atoms with van der Waals surface area (Å²) in [5.74, 6) is 0. The molecule has 1 aliphatic carbocycles. The van der Waals surface area contributed by atoms with Crippen molar-refractivity contribution in [2.45, 2.75) is 29.9 Å². The summed E-state index contributed by atoms with van der Waals surface area (Å²) in [5.41, 5.74) is -2.33. The lowest BCUT2D eigenvalue weighted by Crippen LogP contribution is -2.61. The molecule has 1 fully saturated rings. The second kappa shape index (κ2) is 3.07. The molecular formula is C6H10F3NO3S. The van der Waals surface area contributed by atoms with Crippen LogP contribution in [0.5, 0.6) is 0 Å². The van der Waals surface area contributed by atoms with Gasteiger partial charge in [-0.25, -0.2) is 13.6 Å². The van der Waals surface area contributed by atoms with Crippen molar-refractivity contribution in [3.05, 3.63) is 0 Å². The van der Waals surface area contributed by atoms with E-state index < -0.39 is 39.9 Å². The van der Waals surface area contributed by atoms with Crippen LogP contribution in [-0.4, -0.2) is 32.6 Å². The summed E-state index contributed by atoms with van der Waals surface area (Å²) in [6.07, 6.45) is -5.79. The highest BCUT2D eigenvalue weighted by Gasteiger charge is 2.65. The molecule has 0 amide bonds. The SMILES string of the molecule is COC1(C(F)(F)F)CC(S(N)(=O)=O)C1. The van der Waals surface area contributed by atoms with E-state index in [9.17, 15) is 21.6 Å². The van der Waals surface area contributed by atoms with E-state index in [-0.39, 0.29) is 0 Å². The molecule has 0 atom stereocenters. The largest absolute Gasteiger partial charge is 0.417 e. The molecule has 1 saturated carbocycles. The minimum absolute atomic E-state index is 0.619. The fourth-order valence-electron chi connectivity index (χ4n) is 1.42. The van der Waals surface area contributed by atoms with E-state index in [2.05, 4.69) is 4.74 Å². The first-order valence-corrected chi connectivity index (χ1v) is 5.37. The normalized spacial score (nSPS) is 33.9. The van der Waals surface area contributed by atoms with Crippen molar-refractivity contribution in [3.63, 3.8) is 0 Å². The van der Waals surface area contributed by atoms with E-state index in [1.54, 1.807) is 0 Å². The van der Waals surface area contributed by atoms with Crippen LogP contribution in [0.15, 0.2) is 0 Å². The molecular weight excluding hydrogens is 223 g/mol. The molecule has 8 heteroatoms. The summed E-state index contributed by atoms with van der Waals surface area (Å²) in [4.78, 5) is 0. The number of hydrogen-bond donors (Lipinski definition) is 1. The predicted molar refractivity (Wildman–Crippen MR) is 41.9 cm³/mol. The molecule has 0 aliphatic heterocycles.